The lowest BCUT2D eigenvalue weighted by Gasteiger charge is -2.03. The van der Waals surface area contributed by atoms with Gasteiger partial charge in [-0.2, -0.15) is 5.10 Å². The minimum absolute atomic E-state index is 0.175. The predicted molar refractivity (Wildman–Crippen MR) is 52.1 cm³/mol. The van der Waals surface area contributed by atoms with E-state index in [4.69, 9.17) is 5.73 Å². The molecule has 0 spiro atoms. The summed E-state index contributed by atoms with van der Waals surface area (Å²) in [7, 11) is 0. The molecule has 0 atom stereocenters. The zero-order valence-electron chi connectivity index (χ0n) is 7.52. The van der Waals surface area contributed by atoms with E-state index in [2.05, 4.69) is 5.10 Å². The SMILES string of the molecule is Nc1ccc(Cn2cccn2)cc1F. The molecule has 0 unspecified atom stereocenters. The number of anilines is 1. The van der Waals surface area contributed by atoms with Gasteiger partial charge in [-0.05, 0) is 23.8 Å². The summed E-state index contributed by atoms with van der Waals surface area (Å²) in [5, 5.41) is 4.03. The van der Waals surface area contributed by atoms with Crippen LogP contribution in [0, 0.1) is 5.82 Å². The van der Waals surface area contributed by atoms with Crippen LogP contribution >= 0.6 is 0 Å². The van der Waals surface area contributed by atoms with Crippen molar-refractivity contribution in [1.29, 1.82) is 0 Å². The number of hydrogen-bond donors (Lipinski definition) is 1. The first-order valence-electron chi connectivity index (χ1n) is 4.27. The van der Waals surface area contributed by atoms with Gasteiger partial charge >= 0.3 is 0 Å². The lowest BCUT2D eigenvalue weighted by atomic mass is 10.2. The van der Waals surface area contributed by atoms with Crippen molar-refractivity contribution in [3.8, 4) is 0 Å². The summed E-state index contributed by atoms with van der Waals surface area (Å²) < 4.78 is 14.8. The fourth-order valence-corrected chi connectivity index (χ4v) is 1.25. The summed E-state index contributed by atoms with van der Waals surface area (Å²) in [6, 6.07) is 6.61. The highest BCUT2D eigenvalue weighted by atomic mass is 19.1. The van der Waals surface area contributed by atoms with Crippen molar-refractivity contribution in [1.82, 2.24) is 9.78 Å². The van der Waals surface area contributed by atoms with Gasteiger partial charge in [-0.3, -0.25) is 4.68 Å². The number of nitrogens with zero attached hydrogens (tertiary/aromatic N) is 2. The van der Waals surface area contributed by atoms with E-state index in [0.29, 0.717) is 6.54 Å². The first-order valence-corrected chi connectivity index (χ1v) is 4.27. The molecule has 14 heavy (non-hydrogen) atoms. The van der Waals surface area contributed by atoms with Crippen molar-refractivity contribution in [3.05, 3.63) is 48.0 Å². The molecule has 0 radical (unpaired) electrons. The molecule has 4 heteroatoms. The third-order valence-corrected chi connectivity index (χ3v) is 1.97. The molecule has 72 valence electrons. The quantitative estimate of drug-likeness (QED) is 0.733. The summed E-state index contributed by atoms with van der Waals surface area (Å²) in [6.45, 7) is 0.560. The fraction of sp³-hybridized carbons (Fsp3) is 0.100. The highest BCUT2D eigenvalue weighted by molar-refractivity contribution is 5.41. The Kier molecular flexibility index (Phi) is 2.18. The third kappa shape index (κ3) is 1.74. The van der Waals surface area contributed by atoms with Crippen molar-refractivity contribution in [3.63, 3.8) is 0 Å². The van der Waals surface area contributed by atoms with Crippen LogP contribution in [0.4, 0.5) is 10.1 Å². The molecule has 2 rings (SSSR count). The summed E-state index contributed by atoms with van der Waals surface area (Å²) >= 11 is 0. The highest BCUT2D eigenvalue weighted by Crippen LogP contribution is 2.12. The van der Waals surface area contributed by atoms with E-state index in [-0.39, 0.29) is 11.5 Å². The Morgan fingerprint density at radius 1 is 1.43 bits per heavy atom. The van der Waals surface area contributed by atoms with Crippen molar-refractivity contribution >= 4 is 5.69 Å². The van der Waals surface area contributed by atoms with E-state index >= 15 is 0 Å². The summed E-state index contributed by atoms with van der Waals surface area (Å²) in [4.78, 5) is 0. The van der Waals surface area contributed by atoms with Gasteiger partial charge in [-0.15, -0.1) is 0 Å². The Morgan fingerprint density at radius 2 is 2.29 bits per heavy atom. The predicted octanol–water partition coefficient (Wildman–Crippen LogP) is 1.65. The molecular weight excluding hydrogens is 181 g/mol. The molecule has 2 N–H and O–H groups in total. The topological polar surface area (TPSA) is 43.8 Å². The maximum absolute atomic E-state index is 13.1. The number of nitrogen functional groups attached to an aromatic ring is 1. The molecule has 0 aliphatic carbocycles. The molecule has 2 aromatic rings. The van der Waals surface area contributed by atoms with Gasteiger partial charge in [0.15, 0.2) is 0 Å². The second-order valence-electron chi connectivity index (χ2n) is 3.06. The Bertz CT molecular complexity index is 423. The average Bonchev–Trinajstić information content (AvgIpc) is 2.64. The van der Waals surface area contributed by atoms with Crippen molar-refractivity contribution in [2.75, 3.05) is 5.73 Å². The Labute approximate surface area is 81.0 Å². The summed E-state index contributed by atoms with van der Waals surface area (Å²) in [6.07, 6.45) is 3.52. The van der Waals surface area contributed by atoms with Gasteiger partial charge in [0.25, 0.3) is 0 Å². The summed E-state index contributed by atoms with van der Waals surface area (Å²) in [5.74, 6) is -0.380. The highest BCUT2D eigenvalue weighted by Gasteiger charge is 2.00. The van der Waals surface area contributed by atoms with E-state index in [0.717, 1.165) is 5.56 Å². The molecule has 1 aromatic carbocycles. The molecule has 0 saturated heterocycles. The van der Waals surface area contributed by atoms with Gasteiger partial charge < -0.3 is 5.73 Å². The fourth-order valence-electron chi connectivity index (χ4n) is 1.25. The zero-order chi connectivity index (χ0) is 9.97. The molecule has 0 fully saturated rings. The number of halogens is 1. The maximum atomic E-state index is 13.1. The lowest BCUT2D eigenvalue weighted by molar-refractivity contribution is 0.623. The molecule has 0 bridgehead atoms. The van der Waals surface area contributed by atoms with E-state index in [1.807, 2.05) is 12.3 Å². The van der Waals surface area contributed by atoms with E-state index in [1.165, 1.54) is 6.07 Å². The molecular formula is C10H10FN3. The maximum Gasteiger partial charge on any atom is 0.146 e. The van der Waals surface area contributed by atoms with Gasteiger partial charge in [-0.1, -0.05) is 6.07 Å². The van der Waals surface area contributed by atoms with Crippen molar-refractivity contribution in [2.24, 2.45) is 0 Å². The van der Waals surface area contributed by atoms with Crippen LogP contribution < -0.4 is 5.73 Å². The van der Waals surface area contributed by atoms with Crippen LogP contribution in [0.3, 0.4) is 0 Å². The van der Waals surface area contributed by atoms with Crippen LogP contribution in [0.15, 0.2) is 36.7 Å². The number of aromatic nitrogens is 2. The minimum atomic E-state index is -0.380. The number of hydrogen-bond acceptors (Lipinski definition) is 2. The zero-order valence-corrected chi connectivity index (χ0v) is 7.52. The smallest absolute Gasteiger partial charge is 0.146 e. The lowest BCUT2D eigenvalue weighted by Crippen LogP contribution is -2.01. The average molecular weight is 191 g/mol. The van der Waals surface area contributed by atoms with Gasteiger partial charge in [0, 0.05) is 12.4 Å². The molecule has 1 heterocycles. The number of nitrogens with two attached hydrogens (primary N) is 1. The van der Waals surface area contributed by atoms with Crippen LogP contribution in [0.5, 0.6) is 0 Å². The van der Waals surface area contributed by atoms with Gasteiger partial charge in [0.2, 0.25) is 0 Å². The molecule has 0 saturated carbocycles. The van der Waals surface area contributed by atoms with E-state index in [1.54, 1.807) is 23.0 Å². The van der Waals surface area contributed by atoms with E-state index in [9.17, 15) is 4.39 Å². The van der Waals surface area contributed by atoms with E-state index < -0.39 is 0 Å². The molecule has 0 amide bonds. The number of rotatable bonds is 2. The first-order chi connectivity index (χ1) is 6.75. The first kappa shape index (κ1) is 8.74. The Morgan fingerprint density at radius 3 is 2.93 bits per heavy atom. The molecule has 0 aliphatic heterocycles. The van der Waals surface area contributed by atoms with Gasteiger partial charge in [-0.25, -0.2) is 4.39 Å². The van der Waals surface area contributed by atoms with Crippen LogP contribution in [-0.2, 0) is 6.54 Å². The van der Waals surface area contributed by atoms with Gasteiger partial charge in [0.1, 0.15) is 5.82 Å². The molecule has 1 aromatic heterocycles. The molecule has 0 aliphatic rings. The van der Waals surface area contributed by atoms with Crippen LogP contribution in [0.25, 0.3) is 0 Å². The molecule has 3 nitrogen and oxygen atoms in total. The Balaban J connectivity index is 2.22. The largest absolute Gasteiger partial charge is 0.396 e. The normalized spacial score (nSPS) is 10.4. The second kappa shape index (κ2) is 3.49. The third-order valence-electron chi connectivity index (χ3n) is 1.97. The Hall–Kier alpha value is -1.84. The summed E-state index contributed by atoms with van der Waals surface area (Å²) in [5.41, 5.74) is 6.39. The number of benzene rings is 1. The second-order valence-corrected chi connectivity index (χ2v) is 3.06. The van der Waals surface area contributed by atoms with Crippen molar-refractivity contribution in [2.45, 2.75) is 6.54 Å². The minimum Gasteiger partial charge on any atom is -0.396 e. The van der Waals surface area contributed by atoms with Crippen LogP contribution in [-0.4, -0.2) is 9.78 Å². The van der Waals surface area contributed by atoms with Crippen LogP contribution in [0.2, 0.25) is 0 Å². The standard InChI is InChI=1S/C10H10FN3/c11-9-6-8(2-3-10(9)12)7-14-5-1-4-13-14/h1-6H,7,12H2. The van der Waals surface area contributed by atoms with Crippen molar-refractivity contribution < 1.29 is 4.39 Å². The monoisotopic (exact) mass is 191 g/mol. The van der Waals surface area contributed by atoms with Crippen LogP contribution in [0.1, 0.15) is 5.56 Å². The van der Waals surface area contributed by atoms with Gasteiger partial charge in [0.05, 0.1) is 12.2 Å².